The van der Waals surface area contributed by atoms with Crippen LogP contribution in [0.1, 0.15) is 31.3 Å². The molecule has 0 saturated carbocycles. The summed E-state index contributed by atoms with van der Waals surface area (Å²) in [5.74, 6) is -0.148. The zero-order chi connectivity index (χ0) is 19.3. The van der Waals surface area contributed by atoms with Gasteiger partial charge in [0.25, 0.3) is 5.56 Å². The van der Waals surface area contributed by atoms with E-state index in [9.17, 15) is 9.18 Å². The molecule has 0 aliphatic heterocycles. The van der Waals surface area contributed by atoms with Gasteiger partial charge < -0.3 is 10.3 Å². The van der Waals surface area contributed by atoms with Crippen LogP contribution in [0.4, 0.5) is 10.2 Å². The van der Waals surface area contributed by atoms with Crippen molar-refractivity contribution in [2.24, 2.45) is 0 Å². The number of nitrogens with zero attached hydrogens (tertiary/aromatic N) is 5. The molecule has 3 heterocycles. The van der Waals surface area contributed by atoms with Crippen molar-refractivity contribution in [2.75, 3.05) is 5.73 Å². The van der Waals surface area contributed by atoms with Crippen molar-refractivity contribution in [1.29, 1.82) is 0 Å². The van der Waals surface area contributed by atoms with Gasteiger partial charge in [0.2, 0.25) is 0 Å². The monoisotopic (exact) mass is 366 g/mol. The van der Waals surface area contributed by atoms with E-state index >= 15 is 0 Å². The summed E-state index contributed by atoms with van der Waals surface area (Å²) in [5, 5.41) is 5.88. The molecule has 7 nitrogen and oxygen atoms in total. The van der Waals surface area contributed by atoms with Crippen LogP contribution in [0.2, 0.25) is 0 Å². The van der Waals surface area contributed by atoms with Crippen molar-refractivity contribution >= 4 is 27.6 Å². The number of pyridine rings is 1. The van der Waals surface area contributed by atoms with Crippen LogP contribution in [-0.4, -0.2) is 24.3 Å². The average Bonchev–Trinajstić information content (AvgIpc) is 2.91. The lowest BCUT2D eigenvalue weighted by molar-refractivity contribution is 0.530. The van der Waals surface area contributed by atoms with E-state index in [0.29, 0.717) is 34.5 Å². The van der Waals surface area contributed by atoms with Gasteiger partial charge in [-0.2, -0.15) is 5.10 Å². The molecule has 27 heavy (non-hydrogen) atoms. The number of aryl methyl sites for hydroxylation is 1. The molecule has 0 atom stereocenters. The first-order valence-corrected chi connectivity index (χ1v) is 8.64. The molecule has 0 unspecified atom stereocenters. The normalized spacial score (nSPS) is 11.7. The van der Waals surface area contributed by atoms with Gasteiger partial charge in [0, 0.05) is 11.7 Å². The standard InChI is InChI=1S/C19H19FN6O/c1-10(2)26-13(7-12-5-4-6-14(20)16(12)19(26)27)8-25-18-15(11(3)24-25)17(21)22-9-23-18/h4-7,9-10H,8H2,1-3H3,(H2,21,22,23). The minimum atomic E-state index is -0.514. The van der Waals surface area contributed by atoms with E-state index in [4.69, 9.17) is 5.73 Å². The van der Waals surface area contributed by atoms with E-state index in [-0.39, 0.29) is 17.0 Å². The van der Waals surface area contributed by atoms with Crippen molar-refractivity contribution < 1.29 is 4.39 Å². The first-order valence-electron chi connectivity index (χ1n) is 8.64. The number of aromatic nitrogens is 5. The van der Waals surface area contributed by atoms with Gasteiger partial charge >= 0.3 is 0 Å². The maximum Gasteiger partial charge on any atom is 0.261 e. The number of anilines is 1. The minimum Gasteiger partial charge on any atom is -0.383 e. The zero-order valence-corrected chi connectivity index (χ0v) is 15.3. The van der Waals surface area contributed by atoms with Crippen LogP contribution in [0.25, 0.3) is 21.8 Å². The van der Waals surface area contributed by atoms with Crippen molar-refractivity contribution in [1.82, 2.24) is 24.3 Å². The third-order valence-electron chi connectivity index (χ3n) is 4.67. The summed E-state index contributed by atoms with van der Waals surface area (Å²) >= 11 is 0. The van der Waals surface area contributed by atoms with Crippen molar-refractivity contribution in [3.05, 3.63) is 58.2 Å². The highest BCUT2D eigenvalue weighted by Crippen LogP contribution is 2.23. The highest BCUT2D eigenvalue weighted by Gasteiger charge is 2.18. The Labute approximate surface area is 154 Å². The van der Waals surface area contributed by atoms with E-state index in [1.807, 2.05) is 26.8 Å². The molecule has 3 aromatic heterocycles. The van der Waals surface area contributed by atoms with Gasteiger partial charge in [-0.25, -0.2) is 19.0 Å². The number of hydrogen-bond donors (Lipinski definition) is 1. The molecule has 4 rings (SSSR count). The lowest BCUT2D eigenvalue weighted by Gasteiger charge is -2.18. The van der Waals surface area contributed by atoms with Gasteiger partial charge in [0.05, 0.1) is 23.0 Å². The minimum absolute atomic E-state index is 0.100. The number of halogens is 1. The van der Waals surface area contributed by atoms with Gasteiger partial charge in [-0.15, -0.1) is 0 Å². The Kier molecular flexibility index (Phi) is 3.91. The molecule has 0 radical (unpaired) electrons. The number of benzene rings is 1. The van der Waals surface area contributed by atoms with Gasteiger partial charge in [0.15, 0.2) is 5.65 Å². The summed E-state index contributed by atoms with van der Waals surface area (Å²) in [6.07, 6.45) is 1.39. The fourth-order valence-electron chi connectivity index (χ4n) is 3.55. The van der Waals surface area contributed by atoms with Crippen LogP contribution in [0, 0.1) is 12.7 Å². The predicted molar refractivity (Wildman–Crippen MR) is 102 cm³/mol. The number of fused-ring (bicyclic) bond motifs is 2. The van der Waals surface area contributed by atoms with Crippen LogP contribution < -0.4 is 11.3 Å². The van der Waals surface area contributed by atoms with E-state index in [1.165, 1.54) is 12.4 Å². The highest BCUT2D eigenvalue weighted by atomic mass is 19.1. The molecule has 0 saturated heterocycles. The second-order valence-corrected chi connectivity index (χ2v) is 6.81. The third-order valence-corrected chi connectivity index (χ3v) is 4.67. The van der Waals surface area contributed by atoms with Crippen LogP contribution in [0.3, 0.4) is 0 Å². The van der Waals surface area contributed by atoms with Gasteiger partial charge in [-0.3, -0.25) is 4.79 Å². The number of hydrogen-bond acceptors (Lipinski definition) is 5. The van der Waals surface area contributed by atoms with E-state index in [0.717, 1.165) is 5.69 Å². The summed E-state index contributed by atoms with van der Waals surface area (Å²) in [6, 6.07) is 6.33. The molecule has 2 N–H and O–H groups in total. The second-order valence-electron chi connectivity index (χ2n) is 6.81. The molecular formula is C19H19FN6O. The quantitative estimate of drug-likeness (QED) is 0.602. The zero-order valence-electron chi connectivity index (χ0n) is 15.3. The first-order chi connectivity index (χ1) is 12.9. The summed E-state index contributed by atoms with van der Waals surface area (Å²) in [7, 11) is 0. The molecule has 0 fully saturated rings. The lowest BCUT2D eigenvalue weighted by atomic mass is 10.1. The molecule has 0 spiro atoms. The SMILES string of the molecule is Cc1nn(Cc2cc3cccc(F)c3c(=O)n2C(C)C)c2ncnc(N)c12. The first kappa shape index (κ1) is 17.1. The maximum absolute atomic E-state index is 14.2. The molecule has 0 amide bonds. The maximum atomic E-state index is 14.2. The second kappa shape index (κ2) is 6.15. The van der Waals surface area contributed by atoms with Gasteiger partial charge in [-0.1, -0.05) is 12.1 Å². The molecular weight excluding hydrogens is 347 g/mol. The largest absolute Gasteiger partial charge is 0.383 e. The Balaban J connectivity index is 1.97. The Hall–Kier alpha value is -3.29. The van der Waals surface area contributed by atoms with Crippen molar-refractivity contribution in [3.63, 3.8) is 0 Å². The molecule has 0 aliphatic rings. The Morgan fingerprint density at radius 1 is 1.22 bits per heavy atom. The summed E-state index contributed by atoms with van der Waals surface area (Å²) in [6.45, 7) is 5.93. The number of nitrogen functional groups attached to an aromatic ring is 1. The van der Waals surface area contributed by atoms with E-state index in [2.05, 4.69) is 15.1 Å². The van der Waals surface area contributed by atoms with Crippen LogP contribution in [-0.2, 0) is 6.54 Å². The average molecular weight is 366 g/mol. The summed E-state index contributed by atoms with van der Waals surface area (Å²) < 4.78 is 17.5. The van der Waals surface area contributed by atoms with Crippen LogP contribution >= 0.6 is 0 Å². The topological polar surface area (TPSA) is 91.6 Å². The van der Waals surface area contributed by atoms with Crippen LogP contribution in [0.15, 0.2) is 35.4 Å². The Bertz CT molecular complexity index is 1240. The third kappa shape index (κ3) is 2.64. The van der Waals surface area contributed by atoms with Gasteiger partial charge in [0.1, 0.15) is 18.0 Å². The van der Waals surface area contributed by atoms with Crippen LogP contribution in [0.5, 0.6) is 0 Å². The summed E-state index contributed by atoms with van der Waals surface area (Å²) in [4.78, 5) is 21.3. The lowest BCUT2D eigenvalue weighted by Crippen LogP contribution is -2.27. The summed E-state index contributed by atoms with van der Waals surface area (Å²) in [5.41, 5.74) is 7.64. The van der Waals surface area contributed by atoms with Crippen molar-refractivity contribution in [2.45, 2.75) is 33.4 Å². The van der Waals surface area contributed by atoms with E-state index in [1.54, 1.807) is 21.4 Å². The van der Waals surface area contributed by atoms with Gasteiger partial charge in [-0.05, 0) is 38.3 Å². The molecule has 4 aromatic rings. The van der Waals surface area contributed by atoms with E-state index < -0.39 is 5.82 Å². The van der Waals surface area contributed by atoms with Crippen molar-refractivity contribution in [3.8, 4) is 0 Å². The molecule has 0 aliphatic carbocycles. The smallest absolute Gasteiger partial charge is 0.261 e. The fraction of sp³-hybridized carbons (Fsp3) is 0.263. The Morgan fingerprint density at radius 3 is 2.74 bits per heavy atom. The number of rotatable bonds is 3. The fourth-order valence-corrected chi connectivity index (χ4v) is 3.55. The molecule has 1 aromatic carbocycles. The predicted octanol–water partition coefficient (Wildman–Crippen LogP) is 2.80. The molecule has 138 valence electrons. The highest BCUT2D eigenvalue weighted by molar-refractivity contribution is 5.88. The molecule has 0 bridgehead atoms. The molecule has 8 heteroatoms. The Morgan fingerprint density at radius 2 is 2.00 bits per heavy atom. The number of nitrogens with two attached hydrogens (primary N) is 1.